The largest absolute Gasteiger partial charge is 0.464 e. The zero-order chi connectivity index (χ0) is 9.38. The molecule has 0 N–H and O–H groups in total. The van der Waals surface area contributed by atoms with Crippen molar-refractivity contribution in [3.05, 3.63) is 48.2 Å². The van der Waals surface area contributed by atoms with Crippen LogP contribution in [0.4, 0.5) is 0 Å². The summed E-state index contributed by atoms with van der Waals surface area (Å²) in [7, 11) is 0. The van der Waals surface area contributed by atoms with Gasteiger partial charge in [0.2, 0.25) is 0 Å². The van der Waals surface area contributed by atoms with Gasteiger partial charge in [0.25, 0.3) is 0 Å². The Labute approximate surface area is 83.4 Å². The molecule has 1 aliphatic rings. The fraction of sp³-hybridized carbons (Fsp3) is 0.231. The lowest BCUT2D eigenvalue weighted by atomic mass is 10.0. The molecule has 0 unspecified atom stereocenters. The van der Waals surface area contributed by atoms with Gasteiger partial charge in [0.15, 0.2) is 0 Å². The highest BCUT2D eigenvalue weighted by Gasteiger charge is 2.26. The molecule has 0 bridgehead atoms. The molecule has 2 aromatic rings. The summed E-state index contributed by atoms with van der Waals surface area (Å²) in [6, 6.07) is 12.5. The lowest BCUT2D eigenvalue weighted by molar-refractivity contribution is 0.581. The van der Waals surface area contributed by atoms with Crippen LogP contribution in [0.2, 0.25) is 0 Å². The number of rotatable bonds is 2. The van der Waals surface area contributed by atoms with Crippen LogP contribution in [0.15, 0.2) is 47.1 Å². The van der Waals surface area contributed by atoms with Gasteiger partial charge in [0.1, 0.15) is 5.76 Å². The third kappa shape index (κ3) is 1.25. The molecule has 0 aliphatic heterocycles. The molecule has 0 amide bonds. The van der Waals surface area contributed by atoms with Gasteiger partial charge in [-0.1, -0.05) is 24.3 Å². The maximum atomic E-state index is 5.44. The molecule has 1 heterocycles. The third-order valence-corrected chi connectivity index (χ3v) is 2.76. The Morgan fingerprint density at radius 2 is 1.86 bits per heavy atom. The van der Waals surface area contributed by atoms with E-state index in [1.165, 1.54) is 24.0 Å². The van der Waals surface area contributed by atoms with Gasteiger partial charge in [-0.25, -0.2) is 0 Å². The predicted molar refractivity (Wildman–Crippen MR) is 56.1 cm³/mol. The summed E-state index contributed by atoms with van der Waals surface area (Å²) in [6.45, 7) is 0. The molecule has 0 atom stereocenters. The molecule has 3 rings (SSSR count). The molecular weight excluding hydrogens is 172 g/mol. The molecule has 0 spiro atoms. The molecule has 1 aromatic carbocycles. The van der Waals surface area contributed by atoms with Crippen LogP contribution in [0.3, 0.4) is 0 Å². The minimum absolute atomic E-state index is 0.774. The first kappa shape index (κ1) is 7.86. The fourth-order valence-corrected chi connectivity index (χ4v) is 1.90. The number of benzene rings is 1. The standard InChI is InChI=1S/C13H12O/c1-2-5-12(13-6-3-9-14-13)11(4-1)10-7-8-10/h1-6,9-10H,7-8H2. The van der Waals surface area contributed by atoms with Crippen molar-refractivity contribution in [1.82, 2.24) is 0 Å². The lowest BCUT2D eigenvalue weighted by Gasteiger charge is -2.04. The van der Waals surface area contributed by atoms with E-state index in [0.29, 0.717) is 0 Å². The number of hydrogen-bond donors (Lipinski definition) is 0. The van der Waals surface area contributed by atoms with E-state index in [0.717, 1.165) is 11.7 Å². The van der Waals surface area contributed by atoms with Crippen molar-refractivity contribution in [2.45, 2.75) is 18.8 Å². The Kier molecular flexibility index (Phi) is 1.69. The van der Waals surface area contributed by atoms with Crippen molar-refractivity contribution >= 4 is 0 Å². The minimum atomic E-state index is 0.774. The Morgan fingerprint density at radius 3 is 2.57 bits per heavy atom. The molecular formula is C13H12O. The molecule has 14 heavy (non-hydrogen) atoms. The van der Waals surface area contributed by atoms with Crippen LogP contribution in [-0.4, -0.2) is 0 Å². The Balaban J connectivity index is 2.12. The molecule has 1 aliphatic carbocycles. The van der Waals surface area contributed by atoms with Gasteiger partial charge in [0.05, 0.1) is 6.26 Å². The highest BCUT2D eigenvalue weighted by Crippen LogP contribution is 2.44. The highest BCUT2D eigenvalue weighted by molar-refractivity contribution is 5.63. The van der Waals surface area contributed by atoms with Gasteiger partial charge < -0.3 is 4.42 Å². The van der Waals surface area contributed by atoms with E-state index < -0.39 is 0 Å². The van der Waals surface area contributed by atoms with Crippen molar-refractivity contribution in [3.63, 3.8) is 0 Å². The van der Waals surface area contributed by atoms with Crippen LogP contribution in [0.25, 0.3) is 11.3 Å². The molecule has 1 aromatic heterocycles. The highest BCUT2D eigenvalue weighted by atomic mass is 16.3. The van der Waals surface area contributed by atoms with E-state index in [9.17, 15) is 0 Å². The molecule has 70 valence electrons. The SMILES string of the molecule is c1coc(-c2ccccc2C2CC2)c1. The van der Waals surface area contributed by atoms with E-state index in [-0.39, 0.29) is 0 Å². The molecule has 0 saturated heterocycles. The van der Waals surface area contributed by atoms with Crippen molar-refractivity contribution in [2.24, 2.45) is 0 Å². The van der Waals surface area contributed by atoms with Gasteiger partial charge in [-0.05, 0) is 36.5 Å². The quantitative estimate of drug-likeness (QED) is 0.691. The third-order valence-electron chi connectivity index (χ3n) is 2.76. The Morgan fingerprint density at radius 1 is 1.00 bits per heavy atom. The first-order valence-electron chi connectivity index (χ1n) is 5.08. The average molecular weight is 184 g/mol. The van der Waals surface area contributed by atoms with Gasteiger partial charge >= 0.3 is 0 Å². The van der Waals surface area contributed by atoms with E-state index in [1.807, 2.05) is 12.1 Å². The van der Waals surface area contributed by atoms with E-state index in [2.05, 4.69) is 24.3 Å². The van der Waals surface area contributed by atoms with E-state index >= 15 is 0 Å². The second-order valence-corrected chi connectivity index (χ2v) is 3.84. The molecule has 1 fully saturated rings. The minimum Gasteiger partial charge on any atom is -0.464 e. The van der Waals surface area contributed by atoms with Gasteiger partial charge in [-0.3, -0.25) is 0 Å². The first-order valence-corrected chi connectivity index (χ1v) is 5.08. The van der Waals surface area contributed by atoms with Crippen molar-refractivity contribution in [1.29, 1.82) is 0 Å². The summed E-state index contributed by atoms with van der Waals surface area (Å²) in [5, 5.41) is 0. The maximum absolute atomic E-state index is 5.44. The van der Waals surface area contributed by atoms with Gasteiger partial charge in [-0.2, -0.15) is 0 Å². The van der Waals surface area contributed by atoms with Crippen LogP contribution in [0.5, 0.6) is 0 Å². The van der Waals surface area contributed by atoms with Crippen molar-refractivity contribution < 1.29 is 4.42 Å². The van der Waals surface area contributed by atoms with Crippen LogP contribution in [0, 0.1) is 0 Å². The predicted octanol–water partition coefficient (Wildman–Crippen LogP) is 3.82. The van der Waals surface area contributed by atoms with Crippen LogP contribution in [0.1, 0.15) is 24.3 Å². The summed E-state index contributed by atoms with van der Waals surface area (Å²) in [6.07, 6.45) is 4.40. The summed E-state index contributed by atoms with van der Waals surface area (Å²) in [4.78, 5) is 0. The lowest BCUT2D eigenvalue weighted by Crippen LogP contribution is -1.84. The van der Waals surface area contributed by atoms with E-state index in [1.54, 1.807) is 6.26 Å². The summed E-state index contributed by atoms with van der Waals surface area (Å²) in [5.74, 6) is 1.77. The molecule has 1 nitrogen and oxygen atoms in total. The van der Waals surface area contributed by atoms with Crippen molar-refractivity contribution in [3.8, 4) is 11.3 Å². The molecule has 1 saturated carbocycles. The van der Waals surface area contributed by atoms with Crippen LogP contribution in [-0.2, 0) is 0 Å². The van der Waals surface area contributed by atoms with Gasteiger partial charge in [-0.15, -0.1) is 0 Å². The van der Waals surface area contributed by atoms with Gasteiger partial charge in [0, 0.05) is 5.56 Å². The summed E-state index contributed by atoms with van der Waals surface area (Å²) < 4.78 is 5.44. The topological polar surface area (TPSA) is 13.1 Å². The zero-order valence-corrected chi connectivity index (χ0v) is 7.94. The summed E-state index contributed by atoms with van der Waals surface area (Å²) in [5.41, 5.74) is 2.71. The number of furan rings is 1. The van der Waals surface area contributed by atoms with Crippen LogP contribution >= 0.6 is 0 Å². The summed E-state index contributed by atoms with van der Waals surface area (Å²) >= 11 is 0. The monoisotopic (exact) mass is 184 g/mol. The normalized spacial score (nSPS) is 15.7. The first-order chi connectivity index (χ1) is 6.95. The maximum Gasteiger partial charge on any atom is 0.134 e. The smallest absolute Gasteiger partial charge is 0.134 e. The van der Waals surface area contributed by atoms with Crippen LogP contribution < -0.4 is 0 Å². The second kappa shape index (κ2) is 3.02. The Bertz CT molecular complexity index is 424. The fourth-order valence-electron chi connectivity index (χ4n) is 1.90. The number of hydrogen-bond acceptors (Lipinski definition) is 1. The van der Waals surface area contributed by atoms with Crippen molar-refractivity contribution in [2.75, 3.05) is 0 Å². The molecule has 1 heteroatoms. The average Bonchev–Trinajstić information content (AvgIpc) is 2.94. The zero-order valence-electron chi connectivity index (χ0n) is 7.94. The Hall–Kier alpha value is -1.50. The second-order valence-electron chi connectivity index (χ2n) is 3.84. The van der Waals surface area contributed by atoms with E-state index in [4.69, 9.17) is 4.42 Å². The molecule has 0 radical (unpaired) electrons.